The molecule has 1 saturated carbocycles. The Labute approximate surface area is 144 Å². The van der Waals surface area contributed by atoms with Crippen LogP contribution in [0, 0.1) is 11.8 Å². The van der Waals surface area contributed by atoms with Crippen molar-refractivity contribution in [2.24, 2.45) is 11.8 Å². The average Bonchev–Trinajstić information content (AvgIpc) is 3.16. The van der Waals surface area contributed by atoms with Gasteiger partial charge in [-0.25, -0.2) is 4.79 Å². The lowest BCUT2D eigenvalue weighted by Gasteiger charge is -2.44. The molecule has 24 heavy (non-hydrogen) atoms. The number of hydrogen-bond donors (Lipinski definition) is 1. The molecule has 4 heteroatoms. The predicted octanol–water partition coefficient (Wildman–Crippen LogP) is 3.74. The van der Waals surface area contributed by atoms with Crippen LogP contribution in [0.2, 0.25) is 0 Å². The third-order valence-electron chi connectivity index (χ3n) is 6.16. The number of carbonyl (C=O) groups excluding carboxylic acids is 1. The normalized spacial score (nSPS) is 30.9. The van der Waals surface area contributed by atoms with Crippen molar-refractivity contribution in [1.82, 2.24) is 10.2 Å². The van der Waals surface area contributed by atoms with Gasteiger partial charge in [0.2, 0.25) is 0 Å². The van der Waals surface area contributed by atoms with E-state index in [1.807, 2.05) is 6.07 Å². The van der Waals surface area contributed by atoms with Gasteiger partial charge in [0.05, 0.1) is 6.04 Å². The quantitative estimate of drug-likeness (QED) is 0.915. The SMILES string of the molecule is O=C(NC(c1ccccc1)C1CCCC1)OC1CN2CCC1CC2. The lowest BCUT2D eigenvalue weighted by atomic mass is 9.86. The van der Waals surface area contributed by atoms with Gasteiger partial charge >= 0.3 is 6.09 Å². The Hall–Kier alpha value is -1.55. The van der Waals surface area contributed by atoms with Crippen LogP contribution in [-0.2, 0) is 4.74 Å². The Morgan fingerprint density at radius 3 is 2.42 bits per heavy atom. The van der Waals surface area contributed by atoms with Gasteiger partial charge in [-0.3, -0.25) is 4.90 Å². The molecule has 4 fully saturated rings. The minimum atomic E-state index is -0.227. The van der Waals surface area contributed by atoms with Crippen LogP contribution < -0.4 is 5.32 Å². The van der Waals surface area contributed by atoms with Gasteiger partial charge in [0, 0.05) is 6.54 Å². The topological polar surface area (TPSA) is 41.6 Å². The number of nitrogens with one attached hydrogen (secondary N) is 1. The van der Waals surface area contributed by atoms with Gasteiger partial charge < -0.3 is 10.1 Å². The second-order valence-electron chi connectivity index (χ2n) is 7.66. The first kappa shape index (κ1) is 15.9. The highest BCUT2D eigenvalue weighted by atomic mass is 16.6. The highest BCUT2D eigenvalue weighted by Crippen LogP contribution is 2.36. The van der Waals surface area contributed by atoms with E-state index in [0.29, 0.717) is 11.8 Å². The number of rotatable bonds is 4. The summed E-state index contributed by atoms with van der Waals surface area (Å²) in [6.45, 7) is 3.25. The van der Waals surface area contributed by atoms with Crippen LogP contribution in [-0.4, -0.2) is 36.7 Å². The molecule has 3 saturated heterocycles. The minimum Gasteiger partial charge on any atom is -0.445 e. The molecular formula is C20H28N2O2. The molecule has 1 aromatic carbocycles. The van der Waals surface area contributed by atoms with Crippen LogP contribution in [0.3, 0.4) is 0 Å². The highest BCUT2D eigenvalue weighted by molar-refractivity contribution is 5.68. The summed E-state index contributed by atoms with van der Waals surface area (Å²) >= 11 is 0. The van der Waals surface area contributed by atoms with E-state index < -0.39 is 0 Å². The summed E-state index contributed by atoms with van der Waals surface area (Å²) < 4.78 is 5.85. The van der Waals surface area contributed by atoms with Crippen LogP contribution in [0.5, 0.6) is 0 Å². The van der Waals surface area contributed by atoms with Crippen molar-refractivity contribution >= 4 is 6.09 Å². The average molecular weight is 328 g/mol. The molecule has 1 aromatic rings. The van der Waals surface area contributed by atoms with Crippen molar-refractivity contribution in [2.45, 2.75) is 50.7 Å². The number of nitrogens with zero attached hydrogens (tertiary/aromatic N) is 1. The number of piperidine rings is 3. The predicted molar refractivity (Wildman–Crippen MR) is 93.7 cm³/mol. The van der Waals surface area contributed by atoms with Crippen molar-refractivity contribution in [3.8, 4) is 0 Å². The molecule has 4 nitrogen and oxygen atoms in total. The van der Waals surface area contributed by atoms with E-state index >= 15 is 0 Å². The van der Waals surface area contributed by atoms with Gasteiger partial charge in [0.25, 0.3) is 0 Å². The number of benzene rings is 1. The third kappa shape index (κ3) is 3.44. The van der Waals surface area contributed by atoms with Gasteiger partial charge in [-0.1, -0.05) is 43.2 Å². The van der Waals surface area contributed by atoms with Crippen LogP contribution in [0.25, 0.3) is 0 Å². The van der Waals surface area contributed by atoms with Crippen LogP contribution in [0.1, 0.15) is 50.1 Å². The molecule has 0 radical (unpaired) electrons. The summed E-state index contributed by atoms with van der Waals surface area (Å²) in [5, 5.41) is 3.20. The molecule has 3 heterocycles. The first-order chi connectivity index (χ1) is 11.8. The first-order valence-corrected chi connectivity index (χ1v) is 9.54. The number of fused-ring (bicyclic) bond motifs is 3. The van der Waals surface area contributed by atoms with E-state index in [9.17, 15) is 4.79 Å². The van der Waals surface area contributed by atoms with Crippen molar-refractivity contribution in [2.75, 3.05) is 19.6 Å². The third-order valence-corrected chi connectivity index (χ3v) is 6.16. The Morgan fingerprint density at radius 2 is 1.79 bits per heavy atom. The maximum Gasteiger partial charge on any atom is 0.407 e. The van der Waals surface area contributed by atoms with E-state index in [0.717, 1.165) is 6.54 Å². The zero-order valence-corrected chi connectivity index (χ0v) is 14.3. The van der Waals surface area contributed by atoms with E-state index in [4.69, 9.17) is 4.74 Å². The Morgan fingerprint density at radius 1 is 1.08 bits per heavy atom. The number of alkyl carbamates (subject to hydrolysis) is 1. The summed E-state index contributed by atoms with van der Waals surface area (Å²) in [6, 6.07) is 10.5. The molecular weight excluding hydrogens is 300 g/mol. The van der Waals surface area contributed by atoms with Gasteiger partial charge in [0.15, 0.2) is 0 Å². The smallest absolute Gasteiger partial charge is 0.407 e. The van der Waals surface area contributed by atoms with Crippen molar-refractivity contribution in [3.63, 3.8) is 0 Å². The lowest BCUT2D eigenvalue weighted by molar-refractivity contribution is -0.0344. The van der Waals surface area contributed by atoms with E-state index in [-0.39, 0.29) is 18.2 Å². The van der Waals surface area contributed by atoms with Crippen LogP contribution in [0.15, 0.2) is 30.3 Å². The zero-order valence-electron chi connectivity index (χ0n) is 14.3. The summed E-state index contributed by atoms with van der Waals surface area (Å²) in [5.41, 5.74) is 1.20. The lowest BCUT2D eigenvalue weighted by Crippen LogP contribution is -2.52. The maximum absolute atomic E-state index is 12.6. The van der Waals surface area contributed by atoms with Gasteiger partial charge in [-0.15, -0.1) is 0 Å². The molecule has 130 valence electrons. The Balaban J connectivity index is 1.41. The Bertz CT molecular complexity index is 548. The monoisotopic (exact) mass is 328 g/mol. The first-order valence-electron chi connectivity index (χ1n) is 9.54. The van der Waals surface area contributed by atoms with Crippen molar-refractivity contribution < 1.29 is 9.53 Å². The molecule has 2 unspecified atom stereocenters. The van der Waals surface area contributed by atoms with Crippen molar-refractivity contribution in [3.05, 3.63) is 35.9 Å². The summed E-state index contributed by atoms with van der Waals surface area (Å²) in [5.74, 6) is 1.09. The summed E-state index contributed by atoms with van der Waals surface area (Å²) in [4.78, 5) is 15.0. The molecule has 5 rings (SSSR count). The molecule has 0 spiro atoms. The van der Waals surface area contributed by atoms with Crippen LogP contribution >= 0.6 is 0 Å². The summed E-state index contributed by atoms with van der Waals surface area (Å²) in [7, 11) is 0. The number of amides is 1. The molecule has 1 N–H and O–H groups in total. The molecule has 4 aliphatic rings. The molecule has 2 atom stereocenters. The fourth-order valence-corrected chi connectivity index (χ4v) is 4.77. The van der Waals surface area contributed by atoms with Gasteiger partial charge in [-0.2, -0.15) is 0 Å². The maximum atomic E-state index is 12.6. The highest BCUT2D eigenvalue weighted by Gasteiger charge is 2.37. The molecule has 2 bridgehead atoms. The Kier molecular flexibility index (Phi) is 4.74. The zero-order chi connectivity index (χ0) is 16.4. The largest absolute Gasteiger partial charge is 0.445 e. The number of carbonyl (C=O) groups is 1. The minimum absolute atomic E-state index is 0.0764. The number of hydrogen-bond acceptors (Lipinski definition) is 3. The van der Waals surface area contributed by atoms with E-state index in [1.54, 1.807) is 0 Å². The van der Waals surface area contributed by atoms with Crippen molar-refractivity contribution in [1.29, 1.82) is 0 Å². The standard InChI is InChI=1S/C20H28N2O2/c23-20(24-18-14-22-12-10-15(18)11-13-22)21-19(17-8-4-5-9-17)16-6-2-1-3-7-16/h1-3,6-7,15,17-19H,4-5,8-14H2,(H,21,23). The van der Waals surface area contributed by atoms with E-state index in [1.165, 1.54) is 57.2 Å². The second-order valence-corrected chi connectivity index (χ2v) is 7.66. The second kappa shape index (κ2) is 7.14. The van der Waals surface area contributed by atoms with Gasteiger partial charge in [-0.05, 0) is 56.2 Å². The molecule has 1 aliphatic carbocycles. The van der Waals surface area contributed by atoms with Crippen LogP contribution in [0.4, 0.5) is 4.79 Å². The fourth-order valence-electron chi connectivity index (χ4n) is 4.77. The molecule has 0 aromatic heterocycles. The fraction of sp³-hybridized carbons (Fsp3) is 0.650. The number of ether oxygens (including phenoxy) is 1. The van der Waals surface area contributed by atoms with Gasteiger partial charge in [0.1, 0.15) is 6.10 Å². The molecule has 3 aliphatic heterocycles. The molecule has 1 amide bonds. The summed E-state index contributed by atoms with van der Waals surface area (Å²) in [6.07, 6.45) is 7.11. The van der Waals surface area contributed by atoms with E-state index in [2.05, 4.69) is 34.5 Å².